The molecule has 0 aromatic carbocycles. The standard InChI is InChI=1S/C51H88O6/c1-4-7-10-13-16-18-20-22-24-25-27-28-30-32-35-38-41-44-50(53)56-47-48(46-55-49(52)43-40-37-34-15-12-9-6-3)57-51(54)45-42-39-36-33-31-29-26-23-21-19-17-14-11-8-5-2/h7,10,16-19,22-24,26,48H,4-6,8-9,11-15,20-21,25,27-47H2,1-3H3/b10-7-,18-16-,19-17-,24-22-,26-23-. The average molecular weight is 797 g/mol. The van der Waals surface area contributed by atoms with E-state index in [9.17, 15) is 14.4 Å². The molecule has 0 aliphatic heterocycles. The van der Waals surface area contributed by atoms with Crippen LogP contribution >= 0.6 is 0 Å². The van der Waals surface area contributed by atoms with Crippen molar-refractivity contribution in [1.82, 2.24) is 0 Å². The van der Waals surface area contributed by atoms with Crippen LogP contribution in [0.5, 0.6) is 0 Å². The lowest BCUT2D eigenvalue weighted by molar-refractivity contribution is -0.167. The summed E-state index contributed by atoms with van der Waals surface area (Å²) in [5.41, 5.74) is 0. The van der Waals surface area contributed by atoms with Gasteiger partial charge in [-0.05, 0) is 83.5 Å². The number of unbranched alkanes of at least 4 members (excludes halogenated alkanes) is 21. The van der Waals surface area contributed by atoms with Crippen molar-refractivity contribution < 1.29 is 28.6 Å². The maximum atomic E-state index is 12.7. The second-order valence-corrected chi connectivity index (χ2v) is 15.6. The molecule has 0 aliphatic carbocycles. The SMILES string of the molecule is CC/C=C\C/C=C\C/C=C\CCCCCCCCCC(=O)OCC(COC(=O)CCCCCCCCC)OC(=O)CCCCCCC/C=C\C/C=C\CCCCC. The van der Waals surface area contributed by atoms with Gasteiger partial charge in [-0.1, -0.05) is 184 Å². The first-order chi connectivity index (χ1) is 28.0. The summed E-state index contributed by atoms with van der Waals surface area (Å²) in [7, 11) is 0. The predicted molar refractivity (Wildman–Crippen MR) is 242 cm³/mol. The molecule has 57 heavy (non-hydrogen) atoms. The van der Waals surface area contributed by atoms with E-state index in [1.165, 1.54) is 77.0 Å². The highest BCUT2D eigenvalue weighted by molar-refractivity contribution is 5.71. The molecule has 0 aliphatic rings. The van der Waals surface area contributed by atoms with Crippen molar-refractivity contribution in [1.29, 1.82) is 0 Å². The third-order valence-corrected chi connectivity index (χ3v) is 10.0. The highest BCUT2D eigenvalue weighted by Crippen LogP contribution is 2.13. The summed E-state index contributed by atoms with van der Waals surface area (Å²) in [5, 5.41) is 0. The van der Waals surface area contributed by atoms with E-state index in [0.29, 0.717) is 19.3 Å². The molecule has 0 fully saturated rings. The maximum absolute atomic E-state index is 12.7. The van der Waals surface area contributed by atoms with Crippen molar-refractivity contribution in [3.05, 3.63) is 60.8 Å². The van der Waals surface area contributed by atoms with Gasteiger partial charge in [-0.15, -0.1) is 0 Å². The zero-order valence-electron chi connectivity index (χ0n) is 37.3. The van der Waals surface area contributed by atoms with Crippen LogP contribution in [0.1, 0.15) is 226 Å². The molecule has 1 unspecified atom stereocenters. The molecule has 0 bridgehead atoms. The molecule has 0 amide bonds. The molecule has 1 atom stereocenters. The maximum Gasteiger partial charge on any atom is 0.306 e. The molecular formula is C51H88O6. The fourth-order valence-electron chi connectivity index (χ4n) is 6.43. The lowest BCUT2D eigenvalue weighted by atomic mass is 10.1. The van der Waals surface area contributed by atoms with Crippen molar-refractivity contribution in [2.24, 2.45) is 0 Å². The van der Waals surface area contributed by atoms with E-state index in [-0.39, 0.29) is 31.1 Å². The van der Waals surface area contributed by atoms with Crippen LogP contribution in [0.4, 0.5) is 0 Å². The number of ether oxygens (including phenoxy) is 3. The van der Waals surface area contributed by atoms with E-state index in [0.717, 1.165) is 109 Å². The molecule has 0 rings (SSSR count). The van der Waals surface area contributed by atoms with Gasteiger partial charge < -0.3 is 14.2 Å². The molecule has 0 aromatic heterocycles. The lowest BCUT2D eigenvalue weighted by Crippen LogP contribution is -2.30. The Bertz CT molecular complexity index is 1050. The number of esters is 3. The molecule has 6 heteroatoms. The zero-order chi connectivity index (χ0) is 41.5. The van der Waals surface area contributed by atoms with Gasteiger partial charge >= 0.3 is 17.9 Å². The summed E-state index contributed by atoms with van der Waals surface area (Å²) in [4.78, 5) is 37.7. The average Bonchev–Trinajstić information content (AvgIpc) is 3.21. The molecular weight excluding hydrogens is 709 g/mol. The van der Waals surface area contributed by atoms with E-state index in [1.807, 2.05) is 0 Å². The quantitative estimate of drug-likeness (QED) is 0.0265. The van der Waals surface area contributed by atoms with Crippen molar-refractivity contribution in [3.8, 4) is 0 Å². The van der Waals surface area contributed by atoms with Gasteiger partial charge in [0.2, 0.25) is 0 Å². The van der Waals surface area contributed by atoms with Crippen molar-refractivity contribution >= 4 is 17.9 Å². The van der Waals surface area contributed by atoms with Crippen molar-refractivity contribution in [3.63, 3.8) is 0 Å². The van der Waals surface area contributed by atoms with Gasteiger partial charge in [0.1, 0.15) is 13.2 Å². The summed E-state index contributed by atoms with van der Waals surface area (Å²) < 4.78 is 16.7. The molecule has 0 saturated carbocycles. The van der Waals surface area contributed by atoms with Crippen LogP contribution in [0.25, 0.3) is 0 Å². The number of rotatable bonds is 42. The van der Waals surface area contributed by atoms with Gasteiger partial charge in [-0.2, -0.15) is 0 Å². The van der Waals surface area contributed by atoms with Crippen LogP contribution < -0.4 is 0 Å². The molecule has 0 N–H and O–H groups in total. The van der Waals surface area contributed by atoms with Crippen LogP contribution in [-0.2, 0) is 28.6 Å². The largest absolute Gasteiger partial charge is 0.462 e. The van der Waals surface area contributed by atoms with E-state index < -0.39 is 6.10 Å². The Balaban J connectivity index is 4.32. The second kappa shape index (κ2) is 45.8. The molecule has 0 aromatic rings. The molecule has 0 spiro atoms. The summed E-state index contributed by atoms with van der Waals surface area (Å²) in [6.07, 6.45) is 55.0. The number of hydrogen-bond donors (Lipinski definition) is 0. The van der Waals surface area contributed by atoms with Crippen LogP contribution in [0.15, 0.2) is 60.8 Å². The van der Waals surface area contributed by atoms with Crippen molar-refractivity contribution in [2.75, 3.05) is 13.2 Å². The fraction of sp³-hybridized carbons (Fsp3) is 0.745. The Morgan fingerprint density at radius 2 is 0.684 bits per heavy atom. The van der Waals surface area contributed by atoms with Gasteiger partial charge in [0.25, 0.3) is 0 Å². The minimum Gasteiger partial charge on any atom is -0.462 e. The number of hydrogen-bond acceptors (Lipinski definition) is 6. The first kappa shape index (κ1) is 54.1. The van der Waals surface area contributed by atoms with E-state index >= 15 is 0 Å². The summed E-state index contributed by atoms with van der Waals surface area (Å²) in [5.74, 6) is -0.914. The highest BCUT2D eigenvalue weighted by Gasteiger charge is 2.19. The fourth-order valence-corrected chi connectivity index (χ4v) is 6.43. The van der Waals surface area contributed by atoms with E-state index in [2.05, 4.69) is 81.5 Å². The number of carbonyl (C=O) groups is 3. The Morgan fingerprint density at radius 1 is 0.368 bits per heavy atom. The molecule has 328 valence electrons. The lowest BCUT2D eigenvalue weighted by Gasteiger charge is -2.18. The van der Waals surface area contributed by atoms with Gasteiger partial charge in [0.05, 0.1) is 0 Å². The summed E-state index contributed by atoms with van der Waals surface area (Å²) in [6.45, 7) is 6.43. The summed E-state index contributed by atoms with van der Waals surface area (Å²) >= 11 is 0. The van der Waals surface area contributed by atoms with Gasteiger partial charge in [0, 0.05) is 19.3 Å². The smallest absolute Gasteiger partial charge is 0.306 e. The second-order valence-electron chi connectivity index (χ2n) is 15.6. The minimum absolute atomic E-state index is 0.0830. The Labute approximate surface area is 351 Å². The van der Waals surface area contributed by atoms with Crippen LogP contribution in [0.2, 0.25) is 0 Å². The zero-order valence-corrected chi connectivity index (χ0v) is 37.3. The number of allylic oxidation sites excluding steroid dienone is 10. The van der Waals surface area contributed by atoms with Crippen LogP contribution in [0.3, 0.4) is 0 Å². The van der Waals surface area contributed by atoms with Crippen LogP contribution in [-0.4, -0.2) is 37.2 Å². The molecule has 0 radical (unpaired) electrons. The normalized spacial score (nSPS) is 12.5. The van der Waals surface area contributed by atoms with E-state index in [1.54, 1.807) is 0 Å². The summed E-state index contributed by atoms with van der Waals surface area (Å²) in [6, 6.07) is 0. The third-order valence-electron chi connectivity index (χ3n) is 10.0. The topological polar surface area (TPSA) is 78.9 Å². The molecule has 0 heterocycles. The minimum atomic E-state index is -0.781. The first-order valence-electron chi connectivity index (χ1n) is 23.8. The predicted octanol–water partition coefficient (Wildman–Crippen LogP) is 15.3. The van der Waals surface area contributed by atoms with Crippen LogP contribution in [0, 0.1) is 0 Å². The number of carbonyl (C=O) groups excluding carboxylic acids is 3. The Morgan fingerprint density at radius 3 is 1.11 bits per heavy atom. The first-order valence-corrected chi connectivity index (χ1v) is 23.8. The Hall–Kier alpha value is -2.89. The monoisotopic (exact) mass is 797 g/mol. The third kappa shape index (κ3) is 44.1. The molecule has 0 saturated heterocycles. The van der Waals surface area contributed by atoms with Crippen molar-refractivity contribution in [2.45, 2.75) is 232 Å². The highest BCUT2D eigenvalue weighted by atomic mass is 16.6. The van der Waals surface area contributed by atoms with Gasteiger partial charge in [-0.25, -0.2) is 0 Å². The Kier molecular flexibility index (Phi) is 43.5. The van der Waals surface area contributed by atoms with E-state index in [4.69, 9.17) is 14.2 Å². The van der Waals surface area contributed by atoms with Gasteiger partial charge in [-0.3, -0.25) is 14.4 Å². The molecule has 6 nitrogen and oxygen atoms in total. The van der Waals surface area contributed by atoms with Gasteiger partial charge in [0.15, 0.2) is 6.10 Å².